The molecule has 31 heavy (non-hydrogen) atoms. The van der Waals surface area contributed by atoms with Crippen molar-refractivity contribution in [1.82, 2.24) is 20.0 Å². The summed E-state index contributed by atoms with van der Waals surface area (Å²) in [6.45, 7) is 3.61. The van der Waals surface area contributed by atoms with Gasteiger partial charge in [0.05, 0.1) is 11.4 Å². The van der Waals surface area contributed by atoms with Crippen LogP contribution in [0.5, 0.6) is 0 Å². The lowest BCUT2D eigenvalue weighted by Crippen LogP contribution is -2.55. The number of benzene rings is 2. The van der Waals surface area contributed by atoms with E-state index in [4.69, 9.17) is 0 Å². The topological polar surface area (TPSA) is 66.4 Å². The van der Waals surface area contributed by atoms with Crippen LogP contribution >= 0.6 is 11.8 Å². The van der Waals surface area contributed by atoms with E-state index in [9.17, 15) is 9.59 Å². The largest absolute Gasteiger partial charge is 0.338 e. The third kappa shape index (κ3) is 5.11. The average molecular weight is 433 g/mol. The van der Waals surface area contributed by atoms with Crippen LogP contribution in [0.2, 0.25) is 0 Å². The van der Waals surface area contributed by atoms with E-state index in [0.717, 1.165) is 16.3 Å². The highest BCUT2D eigenvalue weighted by Gasteiger charge is 2.30. The number of thioether (sulfide) groups is 1. The summed E-state index contributed by atoms with van der Waals surface area (Å²) < 4.78 is 0. The van der Waals surface area contributed by atoms with E-state index < -0.39 is 0 Å². The first-order valence-electron chi connectivity index (χ1n) is 10.3. The zero-order valence-corrected chi connectivity index (χ0v) is 18.2. The van der Waals surface area contributed by atoms with Crippen molar-refractivity contribution in [3.8, 4) is 11.3 Å². The molecule has 1 fully saturated rings. The minimum absolute atomic E-state index is 0.0170. The van der Waals surface area contributed by atoms with Gasteiger partial charge >= 0.3 is 0 Å². The Morgan fingerprint density at radius 3 is 2.29 bits per heavy atom. The molecular formula is C24H24N4O2S. The molecule has 0 saturated carbocycles. The number of rotatable bonds is 5. The zero-order chi connectivity index (χ0) is 21.6. The highest BCUT2D eigenvalue weighted by molar-refractivity contribution is 7.99. The number of hydrogen-bond donors (Lipinski definition) is 0. The maximum absolute atomic E-state index is 12.7. The average Bonchev–Trinajstić information content (AvgIpc) is 2.83. The molecule has 0 spiro atoms. The molecule has 1 aliphatic rings. The van der Waals surface area contributed by atoms with E-state index in [1.165, 1.54) is 11.8 Å². The van der Waals surface area contributed by atoms with Crippen LogP contribution in [0.1, 0.15) is 17.3 Å². The number of carbonyl (C=O) groups is 2. The summed E-state index contributed by atoms with van der Waals surface area (Å²) in [5.41, 5.74) is 2.51. The van der Waals surface area contributed by atoms with Crippen LogP contribution in [-0.2, 0) is 4.79 Å². The monoisotopic (exact) mass is 432 g/mol. The Bertz CT molecular complexity index is 1030. The van der Waals surface area contributed by atoms with Gasteiger partial charge in [-0.1, -0.05) is 60.3 Å². The van der Waals surface area contributed by atoms with Gasteiger partial charge in [0, 0.05) is 36.8 Å². The van der Waals surface area contributed by atoms with Gasteiger partial charge in [0.15, 0.2) is 0 Å². The molecule has 1 atom stereocenters. The van der Waals surface area contributed by atoms with E-state index in [0.29, 0.717) is 31.0 Å². The van der Waals surface area contributed by atoms with Gasteiger partial charge in [-0.15, -0.1) is 10.2 Å². The molecule has 0 radical (unpaired) electrons. The minimum atomic E-state index is -0.0275. The Balaban J connectivity index is 1.29. The number of carbonyl (C=O) groups excluding carboxylic acids is 2. The maximum Gasteiger partial charge on any atom is 0.254 e. The summed E-state index contributed by atoms with van der Waals surface area (Å²) in [7, 11) is 0. The van der Waals surface area contributed by atoms with Crippen LogP contribution in [-0.4, -0.2) is 63.2 Å². The fourth-order valence-electron chi connectivity index (χ4n) is 3.62. The fourth-order valence-corrected chi connectivity index (χ4v) is 4.34. The van der Waals surface area contributed by atoms with Gasteiger partial charge in [-0.25, -0.2) is 0 Å². The second-order valence-corrected chi connectivity index (χ2v) is 8.46. The molecule has 2 heterocycles. The van der Waals surface area contributed by atoms with Crippen LogP contribution in [0.4, 0.5) is 0 Å². The lowest BCUT2D eigenvalue weighted by atomic mass is 10.1. The van der Waals surface area contributed by atoms with Crippen LogP contribution in [0.15, 0.2) is 77.8 Å². The lowest BCUT2D eigenvalue weighted by Gasteiger charge is -2.40. The van der Waals surface area contributed by atoms with Gasteiger partial charge in [0.25, 0.3) is 5.91 Å². The molecule has 1 aromatic heterocycles. The molecule has 0 N–H and O–H groups in total. The summed E-state index contributed by atoms with van der Waals surface area (Å²) in [5, 5.41) is 9.24. The normalized spacial score (nSPS) is 16.2. The molecule has 1 saturated heterocycles. The summed E-state index contributed by atoms with van der Waals surface area (Å²) >= 11 is 1.39. The first-order chi connectivity index (χ1) is 15.1. The number of nitrogens with zero attached hydrogens (tertiary/aromatic N) is 4. The second kappa shape index (κ2) is 9.75. The van der Waals surface area contributed by atoms with Crippen LogP contribution < -0.4 is 0 Å². The van der Waals surface area contributed by atoms with Crippen LogP contribution in [0, 0.1) is 0 Å². The smallest absolute Gasteiger partial charge is 0.254 e. The number of aromatic nitrogens is 2. The van der Waals surface area contributed by atoms with Crippen molar-refractivity contribution in [2.75, 3.05) is 25.4 Å². The Morgan fingerprint density at radius 2 is 1.65 bits per heavy atom. The molecule has 6 nitrogen and oxygen atoms in total. The first kappa shape index (κ1) is 21.1. The van der Waals surface area contributed by atoms with E-state index in [1.54, 1.807) is 0 Å². The van der Waals surface area contributed by atoms with E-state index >= 15 is 0 Å². The van der Waals surface area contributed by atoms with Crippen molar-refractivity contribution < 1.29 is 9.59 Å². The highest BCUT2D eigenvalue weighted by Crippen LogP contribution is 2.21. The molecule has 1 unspecified atom stereocenters. The van der Waals surface area contributed by atoms with Crippen molar-refractivity contribution in [2.24, 2.45) is 0 Å². The Kier molecular flexibility index (Phi) is 6.62. The summed E-state index contributed by atoms with van der Waals surface area (Å²) in [5.74, 6) is 0.375. The predicted octanol–water partition coefficient (Wildman–Crippen LogP) is 3.61. The van der Waals surface area contributed by atoms with Gasteiger partial charge < -0.3 is 9.80 Å². The quantitative estimate of drug-likeness (QED) is 0.576. The molecule has 0 aliphatic carbocycles. The van der Waals surface area contributed by atoms with Crippen molar-refractivity contribution in [1.29, 1.82) is 0 Å². The van der Waals surface area contributed by atoms with Gasteiger partial charge in [-0.05, 0) is 31.2 Å². The van der Waals surface area contributed by atoms with Crippen LogP contribution in [0.3, 0.4) is 0 Å². The summed E-state index contributed by atoms with van der Waals surface area (Å²) in [6, 6.07) is 22.9. The van der Waals surface area contributed by atoms with Gasteiger partial charge in [0.1, 0.15) is 5.03 Å². The molecule has 0 bridgehead atoms. The van der Waals surface area contributed by atoms with E-state index in [1.807, 2.05) is 89.5 Å². The van der Waals surface area contributed by atoms with Crippen LogP contribution in [0.25, 0.3) is 11.3 Å². The Labute approximate surface area is 186 Å². The van der Waals surface area contributed by atoms with Crippen molar-refractivity contribution in [3.63, 3.8) is 0 Å². The Morgan fingerprint density at radius 1 is 0.935 bits per heavy atom. The van der Waals surface area contributed by atoms with Gasteiger partial charge in [0.2, 0.25) is 5.91 Å². The first-order valence-corrected chi connectivity index (χ1v) is 11.3. The molecule has 3 aromatic rings. The summed E-state index contributed by atoms with van der Waals surface area (Å²) in [6.07, 6.45) is 0. The number of hydrogen-bond acceptors (Lipinski definition) is 5. The van der Waals surface area contributed by atoms with Crippen molar-refractivity contribution >= 4 is 23.6 Å². The molecule has 4 rings (SSSR count). The molecule has 2 amide bonds. The molecule has 158 valence electrons. The van der Waals surface area contributed by atoms with E-state index in [2.05, 4.69) is 10.2 Å². The van der Waals surface area contributed by atoms with Crippen molar-refractivity contribution in [2.45, 2.75) is 18.0 Å². The fraction of sp³-hybridized carbons (Fsp3) is 0.250. The molecule has 1 aliphatic heterocycles. The predicted molar refractivity (Wildman–Crippen MR) is 122 cm³/mol. The molecule has 2 aromatic carbocycles. The SMILES string of the molecule is CC1CN(C(=O)CSc2ccc(-c3ccccc3)nn2)CCN1C(=O)c1ccccc1. The highest BCUT2D eigenvalue weighted by atomic mass is 32.2. The molecular weight excluding hydrogens is 408 g/mol. The number of piperazine rings is 1. The van der Waals surface area contributed by atoms with Gasteiger partial charge in [-0.2, -0.15) is 0 Å². The van der Waals surface area contributed by atoms with Gasteiger partial charge in [-0.3, -0.25) is 9.59 Å². The maximum atomic E-state index is 12.7. The van der Waals surface area contributed by atoms with Crippen molar-refractivity contribution in [3.05, 3.63) is 78.4 Å². The number of amides is 2. The zero-order valence-electron chi connectivity index (χ0n) is 17.3. The van der Waals surface area contributed by atoms with E-state index in [-0.39, 0.29) is 17.9 Å². The second-order valence-electron chi connectivity index (χ2n) is 7.46. The Hall–Kier alpha value is -3.19. The third-order valence-electron chi connectivity index (χ3n) is 5.31. The standard InChI is InChI=1S/C24H24N4O2S/c1-18-16-27(14-15-28(18)24(30)20-10-6-3-7-11-20)23(29)17-31-22-13-12-21(25-26-22)19-8-4-2-5-9-19/h2-13,18H,14-17H2,1H3. The third-order valence-corrected chi connectivity index (χ3v) is 6.22. The molecule has 7 heteroatoms. The minimum Gasteiger partial charge on any atom is -0.338 e. The lowest BCUT2D eigenvalue weighted by molar-refractivity contribution is -0.130. The summed E-state index contributed by atoms with van der Waals surface area (Å²) in [4.78, 5) is 29.1.